The minimum atomic E-state index is -1.24. The van der Waals surface area contributed by atoms with Crippen LogP contribution < -0.4 is 10.3 Å². The first-order chi connectivity index (χ1) is 13.8. The third kappa shape index (κ3) is 4.11. The van der Waals surface area contributed by atoms with E-state index in [1.165, 1.54) is 23.1 Å². The van der Waals surface area contributed by atoms with Gasteiger partial charge >= 0.3 is 6.09 Å². The molecule has 0 radical (unpaired) electrons. The zero-order valence-corrected chi connectivity index (χ0v) is 16.0. The Morgan fingerprint density at radius 1 is 1.34 bits per heavy atom. The second-order valence-electron chi connectivity index (χ2n) is 5.98. The lowest BCUT2D eigenvalue weighted by molar-refractivity contribution is -0.384. The van der Waals surface area contributed by atoms with Crippen molar-refractivity contribution in [3.8, 4) is 0 Å². The standard InChI is InChI=1S/C18H16ClN5O5/c1-2-22(18(26)27)21-16-10-17(25)23(14-6-4-3-5-12(14)19)15-9-11(24(28)29)7-8-13(15)20-16/h3-9H,2,10H2,1H3,(H,20,21)(H,26,27). The van der Waals surface area contributed by atoms with Gasteiger partial charge in [-0.15, -0.1) is 0 Å². The maximum Gasteiger partial charge on any atom is 0.426 e. The molecule has 1 heterocycles. The van der Waals surface area contributed by atoms with Crippen LogP contribution in [0.1, 0.15) is 13.3 Å². The fraction of sp³-hybridized carbons (Fsp3) is 0.167. The lowest BCUT2D eigenvalue weighted by Gasteiger charge is -2.23. The van der Waals surface area contributed by atoms with Crippen LogP contribution >= 0.6 is 11.6 Å². The third-order valence-electron chi connectivity index (χ3n) is 4.14. The number of nitrogens with zero attached hydrogens (tertiary/aromatic N) is 4. The molecule has 3 rings (SSSR count). The molecule has 0 saturated carbocycles. The van der Waals surface area contributed by atoms with Crippen LogP contribution in [-0.4, -0.2) is 39.4 Å². The molecule has 10 nitrogen and oxygen atoms in total. The number of carboxylic acid groups (broad SMARTS) is 1. The molecule has 0 fully saturated rings. The van der Waals surface area contributed by atoms with E-state index in [0.29, 0.717) is 5.69 Å². The number of nitro groups is 1. The first-order valence-corrected chi connectivity index (χ1v) is 8.90. The molecule has 11 heteroatoms. The van der Waals surface area contributed by atoms with E-state index in [9.17, 15) is 24.8 Å². The normalized spacial score (nSPS) is 13.2. The van der Waals surface area contributed by atoms with Crippen molar-refractivity contribution >= 4 is 52.2 Å². The first-order valence-electron chi connectivity index (χ1n) is 8.52. The summed E-state index contributed by atoms with van der Waals surface area (Å²) >= 11 is 6.26. The number of carbonyl (C=O) groups excluding carboxylic acids is 1. The van der Waals surface area contributed by atoms with Crippen molar-refractivity contribution in [2.75, 3.05) is 11.4 Å². The average Bonchev–Trinajstić information content (AvgIpc) is 2.81. The number of amides is 2. The van der Waals surface area contributed by atoms with Crippen molar-refractivity contribution in [3.63, 3.8) is 0 Å². The molecule has 150 valence electrons. The fourth-order valence-corrected chi connectivity index (χ4v) is 3.04. The van der Waals surface area contributed by atoms with E-state index in [2.05, 4.69) is 10.4 Å². The summed E-state index contributed by atoms with van der Waals surface area (Å²) < 4.78 is 0. The Morgan fingerprint density at radius 2 is 2.07 bits per heavy atom. The van der Waals surface area contributed by atoms with Crippen LogP contribution in [0.15, 0.2) is 47.5 Å². The van der Waals surface area contributed by atoms with Crippen molar-refractivity contribution in [1.29, 1.82) is 0 Å². The highest BCUT2D eigenvalue weighted by molar-refractivity contribution is 6.34. The van der Waals surface area contributed by atoms with Crippen molar-refractivity contribution in [2.24, 2.45) is 4.99 Å². The summed E-state index contributed by atoms with van der Waals surface area (Å²) in [4.78, 5) is 40.6. The number of non-ortho nitro benzene ring substituents is 1. The summed E-state index contributed by atoms with van der Waals surface area (Å²) in [6.07, 6.45) is -1.50. The first kappa shape index (κ1) is 20.1. The van der Waals surface area contributed by atoms with E-state index >= 15 is 0 Å². The van der Waals surface area contributed by atoms with Gasteiger partial charge in [-0.05, 0) is 25.1 Å². The van der Waals surface area contributed by atoms with E-state index in [0.717, 1.165) is 5.01 Å². The molecule has 1 aliphatic rings. The van der Waals surface area contributed by atoms with E-state index in [-0.39, 0.29) is 40.9 Å². The van der Waals surface area contributed by atoms with Gasteiger partial charge in [-0.1, -0.05) is 23.7 Å². The summed E-state index contributed by atoms with van der Waals surface area (Å²) in [6, 6.07) is 10.5. The highest BCUT2D eigenvalue weighted by Crippen LogP contribution is 2.41. The van der Waals surface area contributed by atoms with Crippen LogP contribution in [-0.2, 0) is 4.79 Å². The number of hydrogen-bond acceptors (Lipinski definition) is 6. The topological polar surface area (TPSA) is 128 Å². The smallest absolute Gasteiger partial charge is 0.426 e. The maximum atomic E-state index is 13.1. The number of para-hydroxylation sites is 1. The fourth-order valence-electron chi connectivity index (χ4n) is 2.82. The molecule has 0 unspecified atom stereocenters. The Hall–Kier alpha value is -3.66. The van der Waals surface area contributed by atoms with Crippen molar-refractivity contribution in [1.82, 2.24) is 10.4 Å². The zero-order chi connectivity index (χ0) is 21.1. The quantitative estimate of drug-likeness (QED) is 0.576. The molecule has 2 aromatic carbocycles. The van der Waals surface area contributed by atoms with E-state index < -0.39 is 16.9 Å². The summed E-state index contributed by atoms with van der Waals surface area (Å²) in [6.45, 7) is 1.73. The van der Waals surface area contributed by atoms with Crippen molar-refractivity contribution in [3.05, 3.63) is 57.6 Å². The molecular weight excluding hydrogens is 402 g/mol. The number of hydrogen-bond donors (Lipinski definition) is 2. The summed E-state index contributed by atoms with van der Waals surface area (Å²) in [5, 5.41) is 21.6. The van der Waals surface area contributed by atoms with Gasteiger partial charge in [-0.3, -0.25) is 25.2 Å². The lowest BCUT2D eigenvalue weighted by Crippen LogP contribution is -2.46. The Balaban J connectivity index is 2.14. The minimum absolute atomic E-state index is 0.0870. The van der Waals surface area contributed by atoms with E-state index in [1.54, 1.807) is 31.2 Å². The maximum absolute atomic E-state index is 13.1. The molecule has 0 atom stereocenters. The molecule has 2 amide bonds. The van der Waals surface area contributed by atoms with Gasteiger partial charge in [-0.25, -0.2) is 14.8 Å². The second-order valence-corrected chi connectivity index (χ2v) is 6.39. The number of fused-ring (bicyclic) bond motifs is 1. The number of benzene rings is 2. The third-order valence-corrected chi connectivity index (χ3v) is 4.46. The van der Waals surface area contributed by atoms with Crippen LogP contribution in [0.2, 0.25) is 5.02 Å². The molecule has 0 aromatic heterocycles. The molecule has 0 spiro atoms. The number of carbonyl (C=O) groups is 2. The highest BCUT2D eigenvalue weighted by atomic mass is 35.5. The number of nitrogens with one attached hydrogen (secondary N) is 1. The van der Waals surface area contributed by atoms with Gasteiger partial charge in [0.25, 0.3) is 5.69 Å². The second kappa shape index (κ2) is 8.15. The Kier molecular flexibility index (Phi) is 5.64. The minimum Gasteiger partial charge on any atom is -0.464 e. The van der Waals surface area contributed by atoms with Gasteiger partial charge in [0.05, 0.1) is 33.4 Å². The van der Waals surface area contributed by atoms with Gasteiger partial charge in [0, 0.05) is 18.7 Å². The van der Waals surface area contributed by atoms with Gasteiger partial charge in [0.15, 0.2) is 0 Å². The summed E-state index contributed by atoms with van der Waals surface area (Å²) in [5.41, 5.74) is 3.15. The van der Waals surface area contributed by atoms with Crippen LogP contribution in [0.4, 0.5) is 27.5 Å². The molecule has 0 aliphatic carbocycles. The van der Waals surface area contributed by atoms with Crippen molar-refractivity contribution < 1.29 is 19.6 Å². The molecule has 0 bridgehead atoms. The molecule has 29 heavy (non-hydrogen) atoms. The Bertz CT molecular complexity index is 1030. The number of halogens is 1. The van der Waals surface area contributed by atoms with Gasteiger partial charge in [0.1, 0.15) is 5.84 Å². The Morgan fingerprint density at radius 3 is 2.69 bits per heavy atom. The molecule has 2 N–H and O–H groups in total. The highest BCUT2D eigenvalue weighted by Gasteiger charge is 2.29. The molecular formula is C18H16ClN5O5. The average molecular weight is 418 g/mol. The monoisotopic (exact) mass is 417 g/mol. The number of hydrazine groups is 1. The van der Waals surface area contributed by atoms with Crippen molar-refractivity contribution in [2.45, 2.75) is 13.3 Å². The molecule has 1 aliphatic heterocycles. The number of anilines is 2. The van der Waals surface area contributed by atoms with Crippen LogP contribution in [0, 0.1) is 10.1 Å². The molecule has 2 aromatic rings. The number of amidine groups is 1. The summed E-state index contributed by atoms with van der Waals surface area (Å²) in [7, 11) is 0. The van der Waals surface area contributed by atoms with Crippen LogP contribution in [0.3, 0.4) is 0 Å². The number of nitro benzene ring substituents is 1. The van der Waals surface area contributed by atoms with Crippen LogP contribution in [0.5, 0.6) is 0 Å². The van der Waals surface area contributed by atoms with Gasteiger partial charge < -0.3 is 5.11 Å². The SMILES string of the molecule is CCN(NC1=Nc2ccc([N+](=O)[O-])cc2N(c2ccccc2Cl)C(=O)C1)C(=O)O. The zero-order valence-electron chi connectivity index (χ0n) is 15.2. The van der Waals surface area contributed by atoms with Gasteiger partial charge in [0.2, 0.25) is 5.91 Å². The lowest BCUT2D eigenvalue weighted by atomic mass is 10.2. The predicted molar refractivity (Wildman–Crippen MR) is 107 cm³/mol. The van der Waals surface area contributed by atoms with E-state index in [1.807, 2.05) is 0 Å². The largest absolute Gasteiger partial charge is 0.464 e. The summed E-state index contributed by atoms with van der Waals surface area (Å²) in [5.74, 6) is -0.394. The van der Waals surface area contributed by atoms with E-state index in [4.69, 9.17) is 11.6 Å². The number of rotatable bonds is 3. The predicted octanol–water partition coefficient (Wildman–Crippen LogP) is 3.85. The Labute approximate surface area is 170 Å². The van der Waals surface area contributed by atoms with Crippen LogP contribution in [0.25, 0.3) is 0 Å². The molecule has 0 saturated heterocycles. The number of aliphatic imine (C=N–C) groups is 1. The van der Waals surface area contributed by atoms with Gasteiger partial charge in [-0.2, -0.15) is 0 Å².